The van der Waals surface area contributed by atoms with Gasteiger partial charge in [0.25, 0.3) is 0 Å². The van der Waals surface area contributed by atoms with Gasteiger partial charge < -0.3 is 15.0 Å². The predicted molar refractivity (Wildman–Crippen MR) is 85.3 cm³/mol. The van der Waals surface area contributed by atoms with E-state index in [1.54, 1.807) is 18.7 Å². The molecule has 0 atom stereocenters. The highest BCUT2D eigenvalue weighted by Gasteiger charge is 2.22. The number of rotatable bonds is 5. The van der Waals surface area contributed by atoms with Crippen molar-refractivity contribution in [3.8, 4) is 0 Å². The van der Waals surface area contributed by atoms with Crippen LogP contribution in [0.2, 0.25) is 0 Å². The summed E-state index contributed by atoms with van der Waals surface area (Å²) >= 11 is 0. The summed E-state index contributed by atoms with van der Waals surface area (Å²) < 4.78 is 0. The SMILES string of the molecule is CCN(CC(C)(C)O)C(=O)Cc1c(C)[nH]c2ccccc12. The molecule has 0 aliphatic heterocycles. The molecule has 0 unspecified atom stereocenters. The topological polar surface area (TPSA) is 56.3 Å². The first-order valence-electron chi connectivity index (χ1n) is 7.38. The molecule has 0 radical (unpaired) electrons. The highest BCUT2D eigenvalue weighted by Crippen LogP contribution is 2.23. The molecule has 4 heteroatoms. The van der Waals surface area contributed by atoms with E-state index in [-0.39, 0.29) is 5.91 Å². The molecule has 2 N–H and O–H groups in total. The lowest BCUT2D eigenvalue weighted by atomic mass is 10.1. The molecule has 114 valence electrons. The van der Waals surface area contributed by atoms with Gasteiger partial charge in [0.15, 0.2) is 0 Å². The number of para-hydroxylation sites is 1. The van der Waals surface area contributed by atoms with Gasteiger partial charge in [0.2, 0.25) is 5.91 Å². The molecule has 0 bridgehead atoms. The lowest BCUT2D eigenvalue weighted by Crippen LogP contribution is -2.42. The molecular weight excluding hydrogens is 264 g/mol. The van der Waals surface area contributed by atoms with Crippen molar-refractivity contribution in [2.24, 2.45) is 0 Å². The van der Waals surface area contributed by atoms with E-state index in [2.05, 4.69) is 4.98 Å². The summed E-state index contributed by atoms with van der Waals surface area (Å²) in [5, 5.41) is 11.0. The van der Waals surface area contributed by atoms with Crippen molar-refractivity contribution in [3.05, 3.63) is 35.5 Å². The molecule has 0 saturated carbocycles. The summed E-state index contributed by atoms with van der Waals surface area (Å²) in [7, 11) is 0. The van der Waals surface area contributed by atoms with Gasteiger partial charge in [-0.3, -0.25) is 4.79 Å². The number of aryl methyl sites for hydroxylation is 1. The number of nitrogens with one attached hydrogen (secondary N) is 1. The van der Waals surface area contributed by atoms with Gasteiger partial charge in [-0.1, -0.05) is 18.2 Å². The monoisotopic (exact) mass is 288 g/mol. The van der Waals surface area contributed by atoms with Crippen LogP contribution in [0.1, 0.15) is 32.0 Å². The van der Waals surface area contributed by atoms with Crippen LogP contribution in [0, 0.1) is 6.92 Å². The molecule has 0 aliphatic rings. The minimum absolute atomic E-state index is 0.0486. The molecule has 2 aromatic rings. The summed E-state index contributed by atoms with van der Waals surface area (Å²) in [4.78, 5) is 17.5. The van der Waals surface area contributed by atoms with Gasteiger partial charge in [0, 0.05) is 29.7 Å². The third-order valence-corrected chi connectivity index (χ3v) is 3.67. The Balaban J connectivity index is 2.23. The van der Waals surface area contributed by atoms with E-state index in [1.807, 2.05) is 38.1 Å². The number of fused-ring (bicyclic) bond motifs is 1. The minimum atomic E-state index is -0.874. The Bertz CT molecular complexity index is 638. The van der Waals surface area contributed by atoms with Gasteiger partial charge >= 0.3 is 0 Å². The molecule has 2 rings (SSSR count). The van der Waals surface area contributed by atoms with Crippen LogP contribution >= 0.6 is 0 Å². The second-order valence-corrected chi connectivity index (χ2v) is 6.17. The largest absolute Gasteiger partial charge is 0.389 e. The summed E-state index contributed by atoms with van der Waals surface area (Å²) in [6.45, 7) is 8.33. The van der Waals surface area contributed by atoms with Crippen molar-refractivity contribution in [3.63, 3.8) is 0 Å². The van der Waals surface area contributed by atoms with E-state index in [0.717, 1.165) is 22.2 Å². The molecule has 0 spiro atoms. The van der Waals surface area contributed by atoms with Crippen LogP contribution in [0.3, 0.4) is 0 Å². The smallest absolute Gasteiger partial charge is 0.227 e. The summed E-state index contributed by atoms with van der Waals surface area (Å²) in [6.07, 6.45) is 0.361. The fourth-order valence-electron chi connectivity index (χ4n) is 2.67. The van der Waals surface area contributed by atoms with E-state index in [1.165, 1.54) is 0 Å². The second kappa shape index (κ2) is 5.90. The number of benzene rings is 1. The van der Waals surface area contributed by atoms with Crippen molar-refractivity contribution in [1.29, 1.82) is 0 Å². The molecule has 21 heavy (non-hydrogen) atoms. The zero-order chi connectivity index (χ0) is 15.6. The van der Waals surface area contributed by atoms with Crippen LogP contribution in [0.5, 0.6) is 0 Å². The maximum absolute atomic E-state index is 12.5. The number of carbonyl (C=O) groups excluding carboxylic acids is 1. The Morgan fingerprint density at radius 2 is 2.00 bits per heavy atom. The van der Waals surface area contributed by atoms with Crippen LogP contribution in [0.4, 0.5) is 0 Å². The first kappa shape index (κ1) is 15.6. The fourth-order valence-corrected chi connectivity index (χ4v) is 2.67. The Morgan fingerprint density at radius 3 is 2.62 bits per heavy atom. The third kappa shape index (κ3) is 3.64. The minimum Gasteiger partial charge on any atom is -0.389 e. The van der Waals surface area contributed by atoms with Crippen molar-refractivity contribution >= 4 is 16.8 Å². The Kier molecular flexibility index (Phi) is 4.37. The van der Waals surface area contributed by atoms with Gasteiger partial charge in [-0.05, 0) is 39.3 Å². The molecule has 4 nitrogen and oxygen atoms in total. The molecule has 0 saturated heterocycles. The van der Waals surface area contributed by atoms with E-state index in [4.69, 9.17) is 0 Å². The molecule has 1 amide bonds. The average Bonchev–Trinajstić information content (AvgIpc) is 2.71. The molecular formula is C17H24N2O2. The van der Waals surface area contributed by atoms with Crippen LogP contribution in [0.25, 0.3) is 10.9 Å². The zero-order valence-corrected chi connectivity index (χ0v) is 13.2. The zero-order valence-electron chi connectivity index (χ0n) is 13.2. The molecule has 0 aliphatic carbocycles. The number of hydrogen-bond donors (Lipinski definition) is 2. The first-order chi connectivity index (χ1) is 9.81. The number of nitrogens with zero attached hydrogens (tertiary/aromatic N) is 1. The van der Waals surface area contributed by atoms with E-state index in [0.29, 0.717) is 19.5 Å². The highest BCUT2D eigenvalue weighted by molar-refractivity contribution is 5.90. The van der Waals surface area contributed by atoms with E-state index >= 15 is 0 Å². The number of aromatic nitrogens is 1. The van der Waals surface area contributed by atoms with Crippen LogP contribution in [-0.2, 0) is 11.2 Å². The Hall–Kier alpha value is -1.81. The third-order valence-electron chi connectivity index (χ3n) is 3.67. The fraction of sp³-hybridized carbons (Fsp3) is 0.471. The standard InChI is InChI=1S/C17H24N2O2/c1-5-19(11-17(3,4)21)16(20)10-14-12(2)18-15-9-7-6-8-13(14)15/h6-9,18,21H,5,10-11H2,1-4H3. The summed E-state index contributed by atoms with van der Waals surface area (Å²) in [5.74, 6) is 0.0486. The Morgan fingerprint density at radius 1 is 1.33 bits per heavy atom. The molecule has 1 heterocycles. The lowest BCUT2D eigenvalue weighted by Gasteiger charge is -2.28. The number of aromatic amines is 1. The maximum Gasteiger partial charge on any atom is 0.227 e. The van der Waals surface area contributed by atoms with E-state index in [9.17, 15) is 9.90 Å². The van der Waals surface area contributed by atoms with Crippen molar-refractivity contribution < 1.29 is 9.90 Å². The maximum atomic E-state index is 12.5. The first-order valence-corrected chi connectivity index (χ1v) is 7.38. The average molecular weight is 288 g/mol. The van der Waals surface area contributed by atoms with Gasteiger partial charge in [0.1, 0.15) is 0 Å². The molecule has 1 aromatic heterocycles. The van der Waals surface area contributed by atoms with Gasteiger partial charge in [-0.15, -0.1) is 0 Å². The Labute approximate surface area is 125 Å². The van der Waals surface area contributed by atoms with Gasteiger partial charge in [-0.2, -0.15) is 0 Å². The normalized spacial score (nSPS) is 11.9. The predicted octanol–water partition coefficient (Wildman–Crippen LogP) is 2.64. The number of amides is 1. The quantitative estimate of drug-likeness (QED) is 0.888. The molecule has 1 aromatic carbocycles. The van der Waals surface area contributed by atoms with Gasteiger partial charge in [0.05, 0.1) is 12.0 Å². The number of aliphatic hydroxyl groups is 1. The van der Waals surface area contributed by atoms with Crippen molar-refractivity contribution in [2.75, 3.05) is 13.1 Å². The second-order valence-electron chi connectivity index (χ2n) is 6.17. The van der Waals surface area contributed by atoms with Crippen LogP contribution < -0.4 is 0 Å². The van der Waals surface area contributed by atoms with Crippen LogP contribution in [0.15, 0.2) is 24.3 Å². The highest BCUT2D eigenvalue weighted by atomic mass is 16.3. The number of hydrogen-bond acceptors (Lipinski definition) is 2. The molecule has 0 fully saturated rings. The van der Waals surface area contributed by atoms with Gasteiger partial charge in [-0.25, -0.2) is 0 Å². The van der Waals surface area contributed by atoms with Crippen molar-refractivity contribution in [1.82, 2.24) is 9.88 Å². The van der Waals surface area contributed by atoms with E-state index < -0.39 is 5.60 Å². The number of H-pyrrole nitrogens is 1. The van der Waals surface area contributed by atoms with Crippen LogP contribution in [-0.4, -0.2) is 39.6 Å². The lowest BCUT2D eigenvalue weighted by molar-refractivity contribution is -0.133. The summed E-state index contributed by atoms with van der Waals surface area (Å²) in [6, 6.07) is 8.02. The number of likely N-dealkylation sites (N-methyl/N-ethyl adjacent to an activating group) is 1. The number of carbonyl (C=O) groups is 1. The van der Waals surface area contributed by atoms with Crippen molar-refractivity contribution in [2.45, 2.75) is 39.7 Å². The summed E-state index contributed by atoms with van der Waals surface area (Å²) in [5.41, 5.74) is 2.26.